The molecule has 0 radical (unpaired) electrons. The molecule has 3 rings (SSSR count). The number of sulfonamides is 1. The number of fused-ring (bicyclic) bond motifs is 1. The highest BCUT2D eigenvalue weighted by Gasteiger charge is 2.22. The molecule has 0 spiro atoms. The summed E-state index contributed by atoms with van der Waals surface area (Å²) in [6.07, 6.45) is 0. The lowest BCUT2D eigenvalue weighted by Crippen LogP contribution is -2.27. The molecule has 26 heavy (non-hydrogen) atoms. The Morgan fingerprint density at radius 2 is 1.58 bits per heavy atom. The summed E-state index contributed by atoms with van der Waals surface area (Å²) in [5.74, 6) is 1.03. The van der Waals surface area contributed by atoms with Crippen LogP contribution in [0.1, 0.15) is 44.9 Å². The molecular formula is C20H25NO4S. The number of nitrogens with one attached hydrogen (secondary N) is 1. The summed E-state index contributed by atoms with van der Waals surface area (Å²) < 4.78 is 39.1. The van der Waals surface area contributed by atoms with Crippen LogP contribution in [0.15, 0.2) is 47.4 Å². The number of ether oxygens (including phenoxy) is 2. The van der Waals surface area contributed by atoms with Crippen LogP contribution in [0.3, 0.4) is 0 Å². The third kappa shape index (κ3) is 4.02. The highest BCUT2D eigenvalue weighted by molar-refractivity contribution is 7.89. The lowest BCUT2D eigenvalue weighted by Gasteiger charge is -2.21. The Kier molecular flexibility index (Phi) is 4.99. The molecule has 1 atom stereocenters. The summed E-state index contributed by atoms with van der Waals surface area (Å²) >= 11 is 0. The van der Waals surface area contributed by atoms with Crippen molar-refractivity contribution in [3.63, 3.8) is 0 Å². The molecule has 1 aliphatic heterocycles. The molecule has 5 nitrogen and oxygen atoms in total. The zero-order chi connectivity index (χ0) is 18.9. The molecule has 0 aliphatic carbocycles. The van der Waals surface area contributed by atoms with Crippen LogP contribution in [0.2, 0.25) is 0 Å². The van der Waals surface area contributed by atoms with Gasteiger partial charge in [0.05, 0.1) is 4.90 Å². The molecule has 140 valence electrons. The van der Waals surface area contributed by atoms with Crippen molar-refractivity contribution < 1.29 is 17.9 Å². The Morgan fingerprint density at radius 3 is 2.19 bits per heavy atom. The van der Waals surface area contributed by atoms with Crippen molar-refractivity contribution in [1.82, 2.24) is 4.72 Å². The SMILES string of the molecule is C[C@H](NS(=O)(=O)c1ccc2c(c1)OCCO2)c1ccc(C(C)(C)C)cc1. The minimum absolute atomic E-state index is 0.0620. The Morgan fingerprint density at radius 1 is 0.962 bits per heavy atom. The van der Waals surface area contributed by atoms with Gasteiger partial charge >= 0.3 is 0 Å². The van der Waals surface area contributed by atoms with Crippen LogP contribution in [0.25, 0.3) is 0 Å². The van der Waals surface area contributed by atoms with Crippen molar-refractivity contribution in [1.29, 1.82) is 0 Å². The normalized spacial score (nSPS) is 15.5. The summed E-state index contributed by atoms with van der Waals surface area (Å²) in [6, 6.07) is 12.4. The molecule has 1 aliphatic rings. The highest BCUT2D eigenvalue weighted by atomic mass is 32.2. The summed E-state index contributed by atoms with van der Waals surface area (Å²) in [5, 5.41) is 0. The van der Waals surface area contributed by atoms with Crippen molar-refractivity contribution in [2.75, 3.05) is 13.2 Å². The Labute approximate surface area is 155 Å². The molecular weight excluding hydrogens is 350 g/mol. The maximum absolute atomic E-state index is 12.7. The molecule has 0 saturated carbocycles. The van der Waals surface area contributed by atoms with Gasteiger partial charge in [-0.1, -0.05) is 45.0 Å². The van der Waals surface area contributed by atoms with Crippen LogP contribution in [-0.2, 0) is 15.4 Å². The van der Waals surface area contributed by atoms with Gasteiger partial charge in [-0.2, -0.15) is 0 Å². The van der Waals surface area contributed by atoms with Crippen LogP contribution in [-0.4, -0.2) is 21.6 Å². The van der Waals surface area contributed by atoms with Gasteiger partial charge in [-0.15, -0.1) is 0 Å². The van der Waals surface area contributed by atoms with E-state index in [1.165, 1.54) is 17.7 Å². The lowest BCUT2D eigenvalue weighted by atomic mass is 9.86. The molecule has 2 aromatic carbocycles. The Balaban J connectivity index is 1.78. The first kappa shape index (κ1) is 18.7. The zero-order valence-corrected chi connectivity index (χ0v) is 16.4. The van der Waals surface area contributed by atoms with E-state index in [0.717, 1.165) is 5.56 Å². The van der Waals surface area contributed by atoms with E-state index in [1.54, 1.807) is 6.07 Å². The maximum Gasteiger partial charge on any atom is 0.241 e. The predicted molar refractivity (Wildman–Crippen MR) is 101 cm³/mol. The van der Waals surface area contributed by atoms with Crippen molar-refractivity contribution in [2.24, 2.45) is 0 Å². The summed E-state index contributed by atoms with van der Waals surface area (Å²) in [5.41, 5.74) is 2.19. The van der Waals surface area contributed by atoms with Crippen LogP contribution in [0.4, 0.5) is 0 Å². The standard InChI is InChI=1S/C20H25NO4S/c1-14(15-5-7-16(8-6-15)20(2,3)4)21-26(22,23)17-9-10-18-19(13-17)25-12-11-24-18/h5-10,13-14,21H,11-12H2,1-4H3/t14-/m0/s1. The van der Waals surface area contributed by atoms with Gasteiger partial charge in [-0.05, 0) is 35.6 Å². The fourth-order valence-corrected chi connectivity index (χ4v) is 4.08. The van der Waals surface area contributed by atoms with Crippen LogP contribution >= 0.6 is 0 Å². The molecule has 0 bridgehead atoms. The molecule has 0 unspecified atom stereocenters. The molecule has 1 N–H and O–H groups in total. The topological polar surface area (TPSA) is 64.6 Å². The molecule has 1 heterocycles. The van der Waals surface area contributed by atoms with Gasteiger partial charge in [0, 0.05) is 12.1 Å². The van der Waals surface area contributed by atoms with Gasteiger partial charge in [0.15, 0.2) is 11.5 Å². The molecule has 6 heteroatoms. The van der Waals surface area contributed by atoms with Gasteiger partial charge < -0.3 is 9.47 Å². The van der Waals surface area contributed by atoms with E-state index in [2.05, 4.69) is 25.5 Å². The summed E-state index contributed by atoms with van der Waals surface area (Å²) in [4.78, 5) is 0.167. The van der Waals surface area contributed by atoms with Gasteiger partial charge in [0.2, 0.25) is 10.0 Å². The summed E-state index contributed by atoms with van der Waals surface area (Å²) in [6.45, 7) is 9.17. The van der Waals surface area contributed by atoms with E-state index in [9.17, 15) is 8.42 Å². The van der Waals surface area contributed by atoms with Gasteiger partial charge in [0.1, 0.15) is 13.2 Å². The second-order valence-corrected chi connectivity index (χ2v) is 9.23. The van der Waals surface area contributed by atoms with E-state index < -0.39 is 10.0 Å². The van der Waals surface area contributed by atoms with Crippen molar-refractivity contribution in [3.05, 3.63) is 53.6 Å². The largest absolute Gasteiger partial charge is 0.486 e. The van der Waals surface area contributed by atoms with Crippen molar-refractivity contribution in [2.45, 2.75) is 44.0 Å². The van der Waals surface area contributed by atoms with Crippen molar-refractivity contribution in [3.8, 4) is 11.5 Å². The second-order valence-electron chi connectivity index (χ2n) is 7.52. The van der Waals surface area contributed by atoms with Crippen LogP contribution in [0.5, 0.6) is 11.5 Å². The average Bonchev–Trinajstić information content (AvgIpc) is 2.60. The lowest BCUT2D eigenvalue weighted by molar-refractivity contribution is 0.171. The minimum atomic E-state index is -3.67. The quantitative estimate of drug-likeness (QED) is 0.883. The zero-order valence-electron chi connectivity index (χ0n) is 15.6. The maximum atomic E-state index is 12.7. The van der Waals surface area contributed by atoms with E-state index in [1.807, 2.05) is 31.2 Å². The first-order valence-electron chi connectivity index (χ1n) is 8.69. The molecule has 2 aromatic rings. The molecule has 0 fully saturated rings. The van der Waals surface area contributed by atoms with Crippen molar-refractivity contribution >= 4 is 10.0 Å². The third-order valence-electron chi connectivity index (χ3n) is 4.43. The Bertz CT molecular complexity index is 883. The second kappa shape index (κ2) is 6.93. The first-order valence-corrected chi connectivity index (χ1v) is 10.2. The van der Waals surface area contributed by atoms with E-state index in [4.69, 9.17) is 9.47 Å². The number of rotatable bonds is 4. The Hall–Kier alpha value is -2.05. The van der Waals surface area contributed by atoms with Crippen LogP contribution in [0, 0.1) is 0 Å². The summed E-state index contributed by atoms with van der Waals surface area (Å²) in [7, 11) is -3.67. The number of hydrogen-bond donors (Lipinski definition) is 1. The smallest absolute Gasteiger partial charge is 0.241 e. The monoisotopic (exact) mass is 375 g/mol. The highest BCUT2D eigenvalue weighted by Crippen LogP contribution is 2.32. The third-order valence-corrected chi connectivity index (χ3v) is 5.97. The fraction of sp³-hybridized carbons (Fsp3) is 0.400. The van der Waals surface area contributed by atoms with E-state index >= 15 is 0 Å². The number of benzene rings is 2. The van der Waals surface area contributed by atoms with E-state index in [-0.39, 0.29) is 16.4 Å². The minimum Gasteiger partial charge on any atom is -0.486 e. The molecule has 0 amide bonds. The molecule has 0 aromatic heterocycles. The average molecular weight is 375 g/mol. The molecule has 0 saturated heterocycles. The van der Waals surface area contributed by atoms with E-state index in [0.29, 0.717) is 24.7 Å². The predicted octanol–water partition coefficient (Wildman–Crippen LogP) is 3.79. The first-order chi connectivity index (χ1) is 12.2. The van der Waals surface area contributed by atoms with Gasteiger partial charge in [0.25, 0.3) is 0 Å². The van der Waals surface area contributed by atoms with Gasteiger partial charge in [-0.25, -0.2) is 13.1 Å². The fourth-order valence-electron chi connectivity index (χ4n) is 2.83. The van der Waals surface area contributed by atoms with Crippen LogP contribution < -0.4 is 14.2 Å². The number of hydrogen-bond acceptors (Lipinski definition) is 4. The van der Waals surface area contributed by atoms with Gasteiger partial charge in [-0.3, -0.25) is 0 Å².